The Labute approximate surface area is 114 Å². The van der Waals surface area contributed by atoms with Crippen LogP contribution in [-0.2, 0) is 0 Å². The average Bonchev–Trinajstić information content (AvgIpc) is 2.77. The molecule has 1 aromatic heterocycles. The van der Waals surface area contributed by atoms with E-state index in [1.54, 1.807) is 0 Å². The first-order valence-electron chi connectivity index (χ1n) is 4.98. The molecule has 0 fully saturated rings. The zero-order chi connectivity index (χ0) is 14.0. The standard InChI is InChI=1S/C11H6BrFN2O4/c12-10-6(4-5-19-10)11(16)14-9-7(13)2-1-3-8(9)15(17)18/h1-5H,(H,14,16). The number of nitrogens with zero attached hydrogens (tertiary/aromatic N) is 1. The number of hydrogen-bond donors (Lipinski definition) is 1. The van der Waals surface area contributed by atoms with Gasteiger partial charge >= 0.3 is 0 Å². The number of furan rings is 1. The highest BCUT2D eigenvalue weighted by Gasteiger charge is 2.22. The van der Waals surface area contributed by atoms with Crippen molar-refractivity contribution in [3.63, 3.8) is 0 Å². The number of nitro benzene ring substituents is 1. The van der Waals surface area contributed by atoms with Crippen molar-refractivity contribution in [2.24, 2.45) is 0 Å². The lowest BCUT2D eigenvalue weighted by molar-refractivity contribution is -0.384. The van der Waals surface area contributed by atoms with Gasteiger partial charge in [0, 0.05) is 6.07 Å². The minimum absolute atomic E-state index is 0.109. The fraction of sp³-hybridized carbons (Fsp3) is 0. The molecule has 0 atom stereocenters. The Morgan fingerprint density at radius 2 is 2.16 bits per heavy atom. The zero-order valence-corrected chi connectivity index (χ0v) is 10.8. The lowest BCUT2D eigenvalue weighted by atomic mass is 10.2. The van der Waals surface area contributed by atoms with Crippen molar-refractivity contribution in [2.45, 2.75) is 0 Å². The van der Waals surface area contributed by atoms with Crippen molar-refractivity contribution in [3.8, 4) is 0 Å². The van der Waals surface area contributed by atoms with Crippen molar-refractivity contribution >= 4 is 33.2 Å². The predicted molar refractivity (Wildman–Crippen MR) is 67.4 cm³/mol. The van der Waals surface area contributed by atoms with Gasteiger partial charge in [0.2, 0.25) is 0 Å². The van der Waals surface area contributed by atoms with Crippen LogP contribution in [0.15, 0.2) is 39.6 Å². The third-order valence-electron chi connectivity index (χ3n) is 2.29. The molecule has 0 unspecified atom stereocenters. The summed E-state index contributed by atoms with van der Waals surface area (Å²) in [4.78, 5) is 21.8. The van der Waals surface area contributed by atoms with E-state index < -0.39 is 28.0 Å². The molecule has 1 amide bonds. The lowest BCUT2D eigenvalue weighted by Gasteiger charge is -2.05. The molecule has 0 saturated carbocycles. The van der Waals surface area contributed by atoms with Gasteiger partial charge < -0.3 is 9.73 Å². The summed E-state index contributed by atoms with van der Waals surface area (Å²) >= 11 is 2.99. The fourth-order valence-corrected chi connectivity index (χ4v) is 1.85. The van der Waals surface area contributed by atoms with Crippen LogP contribution >= 0.6 is 15.9 Å². The number of carbonyl (C=O) groups is 1. The minimum Gasteiger partial charge on any atom is -0.457 e. The van der Waals surface area contributed by atoms with Gasteiger partial charge in [-0.25, -0.2) is 4.39 Å². The fourth-order valence-electron chi connectivity index (χ4n) is 1.43. The van der Waals surface area contributed by atoms with E-state index in [1.165, 1.54) is 18.4 Å². The Morgan fingerprint density at radius 1 is 1.42 bits per heavy atom. The number of hydrogen-bond acceptors (Lipinski definition) is 4. The molecule has 2 aromatic rings. The number of para-hydroxylation sites is 1. The molecule has 1 aromatic carbocycles. The molecule has 0 radical (unpaired) electrons. The Bertz CT molecular complexity index is 656. The molecule has 0 saturated heterocycles. The molecule has 0 aliphatic carbocycles. The SMILES string of the molecule is O=C(Nc1c(F)cccc1[N+](=O)[O-])c1ccoc1Br. The normalized spacial score (nSPS) is 10.2. The van der Waals surface area contributed by atoms with Crippen LogP contribution in [0.1, 0.15) is 10.4 Å². The maximum absolute atomic E-state index is 13.6. The van der Waals surface area contributed by atoms with Crippen molar-refractivity contribution < 1.29 is 18.5 Å². The Morgan fingerprint density at radius 3 is 2.74 bits per heavy atom. The van der Waals surface area contributed by atoms with Gasteiger partial charge in [-0.3, -0.25) is 14.9 Å². The molecule has 0 spiro atoms. The van der Waals surface area contributed by atoms with E-state index in [2.05, 4.69) is 21.2 Å². The van der Waals surface area contributed by atoms with Crippen LogP contribution in [0.2, 0.25) is 0 Å². The number of anilines is 1. The number of rotatable bonds is 3. The van der Waals surface area contributed by atoms with Gasteiger partial charge in [-0.15, -0.1) is 0 Å². The topological polar surface area (TPSA) is 85.4 Å². The van der Waals surface area contributed by atoms with Gasteiger partial charge in [-0.1, -0.05) is 6.07 Å². The second kappa shape index (κ2) is 5.19. The van der Waals surface area contributed by atoms with Crippen LogP contribution in [0, 0.1) is 15.9 Å². The van der Waals surface area contributed by atoms with Crippen LogP contribution in [0.5, 0.6) is 0 Å². The van der Waals surface area contributed by atoms with Gasteiger partial charge in [-0.05, 0) is 28.1 Å². The first-order valence-corrected chi connectivity index (χ1v) is 5.77. The summed E-state index contributed by atoms with van der Waals surface area (Å²) in [5.41, 5.74) is -0.892. The molecule has 1 heterocycles. The average molecular weight is 329 g/mol. The van der Waals surface area contributed by atoms with E-state index in [0.717, 1.165) is 12.1 Å². The van der Waals surface area contributed by atoms with E-state index in [-0.39, 0.29) is 10.2 Å². The van der Waals surface area contributed by atoms with Crippen LogP contribution in [0.3, 0.4) is 0 Å². The maximum atomic E-state index is 13.6. The van der Waals surface area contributed by atoms with Crippen molar-refractivity contribution in [1.29, 1.82) is 0 Å². The highest BCUT2D eigenvalue weighted by molar-refractivity contribution is 9.10. The summed E-state index contributed by atoms with van der Waals surface area (Å²) in [6.07, 6.45) is 1.26. The zero-order valence-electron chi connectivity index (χ0n) is 9.22. The van der Waals surface area contributed by atoms with Gasteiger partial charge in [-0.2, -0.15) is 0 Å². The summed E-state index contributed by atoms with van der Waals surface area (Å²) in [6, 6.07) is 4.67. The number of amides is 1. The van der Waals surface area contributed by atoms with Crippen molar-refractivity contribution in [2.75, 3.05) is 5.32 Å². The van der Waals surface area contributed by atoms with Crippen LogP contribution in [0.4, 0.5) is 15.8 Å². The Hall–Kier alpha value is -2.22. The van der Waals surface area contributed by atoms with E-state index in [9.17, 15) is 19.3 Å². The smallest absolute Gasteiger partial charge is 0.295 e. The monoisotopic (exact) mass is 328 g/mol. The van der Waals surface area contributed by atoms with E-state index in [4.69, 9.17) is 4.42 Å². The summed E-state index contributed by atoms with van der Waals surface area (Å²) < 4.78 is 18.6. The Kier molecular flexibility index (Phi) is 3.61. The molecule has 0 aliphatic rings. The van der Waals surface area contributed by atoms with Crippen molar-refractivity contribution in [1.82, 2.24) is 0 Å². The molecular formula is C11H6BrFN2O4. The van der Waals surface area contributed by atoms with Crippen LogP contribution < -0.4 is 5.32 Å². The van der Waals surface area contributed by atoms with Gasteiger partial charge in [0.25, 0.3) is 11.6 Å². The number of carbonyl (C=O) groups excluding carboxylic acids is 1. The van der Waals surface area contributed by atoms with Crippen LogP contribution in [-0.4, -0.2) is 10.8 Å². The number of halogens is 2. The third-order valence-corrected chi connectivity index (χ3v) is 2.90. The minimum atomic E-state index is -0.887. The molecular weight excluding hydrogens is 323 g/mol. The second-order valence-corrected chi connectivity index (χ2v) is 4.17. The number of benzene rings is 1. The Balaban J connectivity index is 2.36. The molecule has 19 heavy (non-hydrogen) atoms. The summed E-state index contributed by atoms with van der Waals surface area (Å²) in [7, 11) is 0. The van der Waals surface area contributed by atoms with E-state index in [0.29, 0.717) is 0 Å². The summed E-state index contributed by atoms with van der Waals surface area (Å²) in [5, 5.41) is 12.9. The first-order chi connectivity index (χ1) is 9.00. The quantitative estimate of drug-likeness (QED) is 0.691. The predicted octanol–water partition coefficient (Wildman–Crippen LogP) is 3.34. The van der Waals surface area contributed by atoms with Gasteiger partial charge in [0.05, 0.1) is 16.7 Å². The summed E-state index contributed by atoms with van der Waals surface area (Å²) in [6.45, 7) is 0. The third kappa shape index (κ3) is 2.63. The van der Waals surface area contributed by atoms with E-state index >= 15 is 0 Å². The van der Waals surface area contributed by atoms with Gasteiger partial charge in [0.1, 0.15) is 0 Å². The number of nitro groups is 1. The molecule has 2 rings (SSSR count). The lowest BCUT2D eigenvalue weighted by Crippen LogP contribution is -2.14. The molecule has 8 heteroatoms. The van der Waals surface area contributed by atoms with Crippen molar-refractivity contribution in [3.05, 3.63) is 56.7 Å². The molecule has 0 bridgehead atoms. The second-order valence-electron chi connectivity index (χ2n) is 3.45. The molecule has 6 nitrogen and oxygen atoms in total. The van der Waals surface area contributed by atoms with Crippen LogP contribution in [0.25, 0.3) is 0 Å². The molecule has 98 valence electrons. The summed E-state index contributed by atoms with van der Waals surface area (Å²) in [5.74, 6) is -1.60. The van der Waals surface area contributed by atoms with E-state index in [1.807, 2.05) is 0 Å². The highest BCUT2D eigenvalue weighted by atomic mass is 79.9. The van der Waals surface area contributed by atoms with Gasteiger partial charge in [0.15, 0.2) is 16.2 Å². The largest absolute Gasteiger partial charge is 0.457 e. The highest BCUT2D eigenvalue weighted by Crippen LogP contribution is 2.28. The first kappa shape index (κ1) is 13.2. The molecule has 0 aliphatic heterocycles. The number of nitrogens with one attached hydrogen (secondary N) is 1. The maximum Gasteiger partial charge on any atom is 0.295 e. The molecule has 1 N–H and O–H groups in total.